The second-order valence-corrected chi connectivity index (χ2v) is 3.87. The second kappa shape index (κ2) is 4.79. The van der Waals surface area contributed by atoms with Crippen molar-refractivity contribution in [1.82, 2.24) is 0 Å². The fourth-order valence-electron chi connectivity index (χ4n) is 1.64. The molecule has 16 heavy (non-hydrogen) atoms. The monoisotopic (exact) mass is 213 g/mol. The SMILES string of the molecule is Cc1ccccc1C=NC1=CCCC=C1O. The molecule has 1 aliphatic rings. The lowest BCUT2D eigenvalue weighted by Crippen LogP contribution is -1.93. The van der Waals surface area contributed by atoms with Gasteiger partial charge in [-0.3, -0.25) is 4.99 Å². The number of allylic oxidation sites excluding steroid dienone is 2. The van der Waals surface area contributed by atoms with E-state index < -0.39 is 0 Å². The summed E-state index contributed by atoms with van der Waals surface area (Å²) in [6.45, 7) is 2.05. The Hall–Kier alpha value is -1.83. The molecule has 2 nitrogen and oxygen atoms in total. The zero-order valence-corrected chi connectivity index (χ0v) is 9.35. The van der Waals surface area contributed by atoms with E-state index in [0.29, 0.717) is 5.70 Å². The number of aliphatic hydroxyl groups is 1. The normalized spacial score (nSPS) is 16.1. The quantitative estimate of drug-likeness (QED) is 0.749. The van der Waals surface area contributed by atoms with Crippen LogP contribution in [-0.2, 0) is 0 Å². The van der Waals surface area contributed by atoms with Gasteiger partial charge in [0, 0.05) is 6.21 Å². The molecule has 0 amide bonds. The lowest BCUT2D eigenvalue weighted by molar-refractivity contribution is 0.416. The molecule has 0 heterocycles. The fraction of sp³-hybridized carbons (Fsp3) is 0.214. The summed E-state index contributed by atoms with van der Waals surface area (Å²) in [5, 5.41) is 9.60. The van der Waals surface area contributed by atoms with E-state index in [1.165, 1.54) is 5.56 Å². The van der Waals surface area contributed by atoms with E-state index in [4.69, 9.17) is 0 Å². The van der Waals surface area contributed by atoms with Crippen molar-refractivity contribution in [1.29, 1.82) is 0 Å². The zero-order valence-electron chi connectivity index (χ0n) is 9.35. The fourth-order valence-corrected chi connectivity index (χ4v) is 1.64. The predicted octanol–water partition coefficient (Wildman–Crippen LogP) is 3.53. The van der Waals surface area contributed by atoms with E-state index in [1.54, 1.807) is 6.21 Å². The minimum atomic E-state index is 0.288. The van der Waals surface area contributed by atoms with Crippen molar-refractivity contribution in [3.63, 3.8) is 0 Å². The lowest BCUT2D eigenvalue weighted by atomic mass is 10.1. The van der Waals surface area contributed by atoms with Gasteiger partial charge in [-0.05, 0) is 37.0 Å². The van der Waals surface area contributed by atoms with Crippen LogP contribution in [0, 0.1) is 6.92 Å². The number of aliphatic imine (C=N–C) groups is 1. The number of rotatable bonds is 2. The summed E-state index contributed by atoms with van der Waals surface area (Å²) in [4.78, 5) is 4.31. The molecule has 0 saturated carbocycles. The summed E-state index contributed by atoms with van der Waals surface area (Å²) in [5.41, 5.74) is 2.95. The summed E-state index contributed by atoms with van der Waals surface area (Å²) in [7, 11) is 0. The smallest absolute Gasteiger partial charge is 0.136 e. The van der Waals surface area contributed by atoms with Crippen LogP contribution in [0.25, 0.3) is 0 Å². The molecule has 0 unspecified atom stereocenters. The van der Waals surface area contributed by atoms with Crippen molar-refractivity contribution >= 4 is 6.21 Å². The average molecular weight is 213 g/mol. The predicted molar refractivity (Wildman–Crippen MR) is 66.8 cm³/mol. The van der Waals surface area contributed by atoms with Gasteiger partial charge in [-0.25, -0.2) is 0 Å². The van der Waals surface area contributed by atoms with E-state index in [0.717, 1.165) is 18.4 Å². The van der Waals surface area contributed by atoms with Crippen LogP contribution >= 0.6 is 0 Å². The van der Waals surface area contributed by atoms with E-state index in [2.05, 4.69) is 4.99 Å². The topological polar surface area (TPSA) is 32.6 Å². The van der Waals surface area contributed by atoms with E-state index >= 15 is 0 Å². The lowest BCUT2D eigenvalue weighted by Gasteiger charge is -2.06. The molecule has 1 aromatic rings. The molecule has 82 valence electrons. The molecule has 0 aromatic heterocycles. The Balaban J connectivity index is 2.19. The molecule has 0 aliphatic heterocycles. The van der Waals surface area contributed by atoms with Crippen molar-refractivity contribution in [2.24, 2.45) is 4.99 Å². The van der Waals surface area contributed by atoms with E-state index in [-0.39, 0.29) is 5.76 Å². The standard InChI is InChI=1S/C14H15NO/c1-11-6-2-3-7-12(11)10-15-13-8-4-5-9-14(13)16/h2-3,6-10,16H,4-5H2,1H3. The van der Waals surface area contributed by atoms with Gasteiger partial charge in [0.25, 0.3) is 0 Å². The maximum atomic E-state index is 9.60. The molecule has 0 radical (unpaired) electrons. The summed E-state index contributed by atoms with van der Waals surface area (Å²) in [5.74, 6) is 0.288. The maximum Gasteiger partial charge on any atom is 0.136 e. The average Bonchev–Trinajstić information content (AvgIpc) is 2.30. The number of hydrogen-bond donors (Lipinski definition) is 1. The highest BCUT2D eigenvalue weighted by Gasteiger charge is 2.04. The van der Waals surface area contributed by atoms with Gasteiger partial charge in [-0.2, -0.15) is 0 Å². The van der Waals surface area contributed by atoms with Crippen molar-refractivity contribution in [3.05, 3.63) is 59.0 Å². The Morgan fingerprint density at radius 2 is 1.94 bits per heavy atom. The summed E-state index contributed by atoms with van der Waals surface area (Å²) in [6, 6.07) is 8.05. The summed E-state index contributed by atoms with van der Waals surface area (Å²) in [6.07, 6.45) is 7.42. The highest BCUT2D eigenvalue weighted by molar-refractivity contribution is 5.82. The Morgan fingerprint density at radius 3 is 2.69 bits per heavy atom. The first kappa shape index (κ1) is 10.7. The van der Waals surface area contributed by atoms with Crippen LogP contribution in [0.1, 0.15) is 24.0 Å². The molecule has 0 bridgehead atoms. The number of aryl methyl sites for hydroxylation is 1. The van der Waals surface area contributed by atoms with Gasteiger partial charge in [0.15, 0.2) is 0 Å². The third kappa shape index (κ3) is 2.40. The van der Waals surface area contributed by atoms with Crippen LogP contribution in [0.5, 0.6) is 0 Å². The molecule has 0 saturated heterocycles. The van der Waals surface area contributed by atoms with Gasteiger partial charge in [0.2, 0.25) is 0 Å². The van der Waals surface area contributed by atoms with Crippen molar-refractivity contribution in [2.45, 2.75) is 19.8 Å². The van der Waals surface area contributed by atoms with Gasteiger partial charge >= 0.3 is 0 Å². The highest BCUT2D eigenvalue weighted by atomic mass is 16.3. The Kier molecular flexibility index (Phi) is 3.20. The van der Waals surface area contributed by atoms with Gasteiger partial charge in [-0.15, -0.1) is 0 Å². The van der Waals surface area contributed by atoms with Gasteiger partial charge in [0.05, 0.1) is 0 Å². The number of aliphatic hydroxyl groups excluding tert-OH is 1. The van der Waals surface area contributed by atoms with Crippen LogP contribution in [-0.4, -0.2) is 11.3 Å². The Labute approximate surface area is 95.7 Å². The first-order valence-electron chi connectivity index (χ1n) is 5.47. The van der Waals surface area contributed by atoms with E-state index in [9.17, 15) is 5.11 Å². The second-order valence-electron chi connectivity index (χ2n) is 3.87. The molecule has 0 spiro atoms. The summed E-state index contributed by atoms with van der Waals surface area (Å²) < 4.78 is 0. The molecule has 1 aromatic carbocycles. The van der Waals surface area contributed by atoms with Crippen LogP contribution in [0.15, 0.2) is 52.9 Å². The first-order chi connectivity index (χ1) is 7.77. The Morgan fingerprint density at radius 1 is 1.19 bits per heavy atom. The van der Waals surface area contributed by atoms with Crippen LogP contribution < -0.4 is 0 Å². The summed E-state index contributed by atoms with van der Waals surface area (Å²) >= 11 is 0. The molecule has 1 aliphatic carbocycles. The van der Waals surface area contributed by atoms with Crippen LogP contribution in [0.3, 0.4) is 0 Å². The Bertz CT molecular complexity index is 469. The van der Waals surface area contributed by atoms with Crippen molar-refractivity contribution < 1.29 is 5.11 Å². The molecule has 0 atom stereocenters. The highest BCUT2D eigenvalue weighted by Crippen LogP contribution is 2.17. The maximum absolute atomic E-state index is 9.60. The van der Waals surface area contributed by atoms with Crippen LogP contribution in [0.2, 0.25) is 0 Å². The number of benzene rings is 1. The number of hydrogen-bond acceptors (Lipinski definition) is 2. The molecule has 2 rings (SSSR count). The minimum absolute atomic E-state index is 0.288. The molecule has 0 fully saturated rings. The van der Waals surface area contributed by atoms with Gasteiger partial charge in [0.1, 0.15) is 11.5 Å². The molecule has 1 N–H and O–H groups in total. The van der Waals surface area contributed by atoms with Crippen LogP contribution in [0.4, 0.5) is 0 Å². The molecular weight excluding hydrogens is 198 g/mol. The van der Waals surface area contributed by atoms with E-state index in [1.807, 2.05) is 43.3 Å². The van der Waals surface area contributed by atoms with Gasteiger partial charge < -0.3 is 5.11 Å². The molecule has 2 heteroatoms. The van der Waals surface area contributed by atoms with Crippen molar-refractivity contribution in [2.75, 3.05) is 0 Å². The minimum Gasteiger partial charge on any atom is -0.506 e. The third-order valence-electron chi connectivity index (χ3n) is 2.64. The molecular formula is C14H15NO. The first-order valence-corrected chi connectivity index (χ1v) is 5.47. The third-order valence-corrected chi connectivity index (χ3v) is 2.64. The van der Waals surface area contributed by atoms with Crippen molar-refractivity contribution in [3.8, 4) is 0 Å². The largest absolute Gasteiger partial charge is 0.506 e. The number of nitrogens with zero attached hydrogens (tertiary/aromatic N) is 1. The van der Waals surface area contributed by atoms with Gasteiger partial charge in [-0.1, -0.05) is 30.3 Å². The zero-order chi connectivity index (χ0) is 11.4.